The zero-order valence-corrected chi connectivity index (χ0v) is 30.9. The van der Waals surface area contributed by atoms with Gasteiger partial charge in [-0.3, -0.25) is 4.79 Å². The highest BCUT2D eigenvalue weighted by molar-refractivity contribution is 5.80. The van der Waals surface area contributed by atoms with E-state index in [0.717, 1.165) is 38.5 Å². The molecule has 1 rings (SSSR count). The maximum Gasteiger partial charge on any atom is 0.249 e. The van der Waals surface area contributed by atoms with Gasteiger partial charge in [0.1, 0.15) is 36.6 Å². The predicted octanol–water partition coefficient (Wildman–Crippen LogP) is 4.49. The number of hydrogen-bond donors (Lipinski definition) is 8. The van der Waals surface area contributed by atoms with Crippen molar-refractivity contribution in [2.75, 3.05) is 13.2 Å². The van der Waals surface area contributed by atoms with Gasteiger partial charge in [-0.25, -0.2) is 0 Å². The van der Waals surface area contributed by atoms with E-state index in [4.69, 9.17) is 9.47 Å². The van der Waals surface area contributed by atoms with Crippen molar-refractivity contribution in [3.63, 3.8) is 0 Å². The Morgan fingerprint density at radius 1 is 0.680 bits per heavy atom. The summed E-state index contributed by atoms with van der Waals surface area (Å²) in [6, 6.07) is -1.19. The lowest BCUT2D eigenvalue weighted by atomic mass is 9.98. The average Bonchev–Trinajstić information content (AvgIpc) is 3.11. The summed E-state index contributed by atoms with van der Waals surface area (Å²) in [5.41, 5.74) is 0. The average molecular weight is 714 g/mol. The Labute approximate surface area is 301 Å². The van der Waals surface area contributed by atoms with E-state index in [9.17, 15) is 40.5 Å². The van der Waals surface area contributed by atoms with Crippen LogP contribution < -0.4 is 5.32 Å². The third kappa shape index (κ3) is 20.4. The van der Waals surface area contributed by atoms with Gasteiger partial charge in [0, 0.05) is 0 Å². The van der Waals surface area contributed by atoms with E-state index < -0.39 is 74.2 Å². The summed E-state index contributed by atoms with van der Waals surface area (Å²) in [4.78, 5) is 13.0. The summed E-state index contributed by atoms with van der Waals surface area (Å²) in [7, 11) is 0. The first-order valence-electron chi connectivity index (χ1n) is 19.4. The van der Waals surface area contributed by atoms with Gasteiger partial charge in [0.25, 0.3) is 0 Å². The molecule has 1 aliphatic heterocycles. The Morgan fingerprint density at radius 3 is 1.84 bits per heavy atom. The van der Waals surface area contributed by atoms with Crippen molar-refractivity contribution in [2.24, 2.45) is 0 Å². The number of amides is 1. The van der Waals surface area contributed by atoms with E-state index in [1.165, 1.54) is 51.4 Å². The minimum absolute atomic E-state index is 0.219. The number of carbonyl (C=O) groups is 1. The smallest absolute Gasteiger partial charge is 0.249 e. The lowest BCUT2D eigenvalue weighted by Crippen LogP contribution is -2.60. The van der Waals surface area contributed by atoms with E-state index in [1.807, 2.05) is 6.08 Å². The van der Waals surface area contributed by atoms with Crippen LogP contribution in [-0.2, 0) is 14.3 Å². The molecule has 0 bridgehead atoms. The quantitative estimate of drug-likeness (QED) is 0.0389. The van der Waals surface area contributed by atoms with Gasteiger partial charge < -0.3 is 50.5 Å². The van der Waals surface area contributed by atoms with Gasteiger partial charge in [0.2, 0.25) is 5.91 Å². The summed E-state index contributed by atoms with van der Waals surface area (Å²) >= 11 is 0. The normalized spacial score (nSPS) is 23.9. The molecular weight excluding hydrogens is 642 g/mol. The summed E-state index contributed by atoms with van der Waals surface area (Å²) in [6.45, 7) is 3.29. The minimum Gasteiger partial charge on any atom is -0.394 e. The molecule has 1 saturated heterocycles. The molecule has 9 atom stereocenters. The first-order valence-corrected chi connectivity index (χ1v) is 19.4. The van der Waals surface area contributed by atoms with Crippen LogP contribution in [0.5, 0.6) is 0 Å². The molecule has 1 fully saturated rings. The number of ether oxygens (including phenoxy) is 2. The molecule has 1 aliphatic rings. The number of carbonyl (C=O) groups excluding carboxylic acids is 1. The van der Waals surface area contributed by atoms with Crippen molar-refractivity contribution in [1.29, 1.82) is 0 Å². The van der Waals surface area contributed by atoms with Crippen LogP contribution in [0.2, 0.25) is 0 Å². The second-order valence-electron chi connectivity index (χ2n) is 13.6. The van der Waals surface area contributed by atoms with Crippen molar-refractivity contribution < 1.29 is 50.0 Å². The molecule has 0 saturated carbocycles. The fourth-order valence-electron chi connectivity index (χ4n) is 5.79. The number of nitrogens with one attached hydrogen (secondary N) is 1. The van der Waals surface area contributed by atoms with Crippen molar-refractivity contribution in [3.8, 4) is 0 Å². The van der Waals surface area contributed by atoms with Crippen LogP contribution in [0.15, 0.2) is 36.5 Å². The Hall–Kier alpha value is -1.67. The van der Waals surface area contributed by atoms with Crippen LogP contribution in [0, 0.1) is 0 Å². The molecule has 0 aromatic heterocycles. The molecule has 0 aromatic carbocycles. The number of hydrogen-bond acceptors (Lipinski definition) is 10. The third-order valence-electron chi connectivity index (χ3n) is 9.14. The molecule has 0 radical (unpaired) electrons. The van der Waals surface area contributed by atoms with Gasteiger partial charge >= 0.3 is 0 Å². The van der Waals surface area contributed by atoms with Crippen molar-refractivity contribution in [1.82, 2.24) is 5.32 Å². The number of unbranched alkanes of at least 4 members (excludes halogenated alkanes) is 12. The molecule has 8 N–H and O–H groups in total. The Balaban J connectivity index is 2.63. The molecule has 1 heterocycles. The lowest BCUT2D eigenvalue weighted by Gasteiger charge is -2.40. The zero-order valence-electron chi connectivity index (χ0n) is 30.9. The lowest BCUT2D eigenvalue weighted by molar-refractivity contribution is -0.303. The number of allylic oxidation sites excluding steroid dienone is 6. The molecule has 11 nitrogen and oxygen atoms in total. The zero-order chi connectivity index (χ0) is 37.0. The molecule has 11 heteroatoms. The topological polar surface area (TPSA) is 189 Å². The van der Waals surface area contributed by atoms with E-state index >= 15 is 0 Å². The van der Waals surface area contributed by atoms with Crippen LogP contribution in [0.4, 0.5) is 0 Å². The predicted molar refractivity (Wildman–Crippen MR) is 196 cm³/mol. The highest BCUT2D eigenvalue weighted by Crippen LogP contribution is 2.23. The molecule has 0 aliphatic carbocycles. The monoisotopic (exact) mass is 714 g/mol. The molecular formula is C39H71NO10. The van der Waals surface area contributed by atoms with E-state index in [1.54, 1.807) is 0 Å². The fourth-order valence-corrected chi connectivity index (χ4v) is 5.79. The van der Waals surface area contributed by atoms with E-state index in [-0.39, 0.29) is 12.8 Å². The van der Waals surface area contributed by atoms with E-state index in [0.29, 0.717) is 19.3 Å². The Kier molecular flexibility index (Phi) is 27.7. The fraction of sp³-hybridized carbons (Fsp3) is 0.821. The Bertz CT molecular complexity index is 913. The molecule has 0 spiro atoms. The number of aliphatic hydroxyl groups excluding tert-OH is 7. The largest absolute Gasteiger partial charge is 0.394 e. The first kappa shape index (κ1) is 46.4. The van der Waals surface area contributed by atoms with Crippen LogP contribution in [0.25, 0.3) is 0 Å². The highest BCUT2D eigenvalue weighted by atomic mass is 16.7. The maximum atomic E-state index is 13.0. The van der Waals surface area contributed by atoms with Crippen LogP contribution in [0.3, 0.4) is 0 Å². The molecule has 1 amide bonds. The van der Waals surface area contributed by atoms with Gasteiger partial charge in [-0.15, -0.1) is 0 Å². The minimum atomic E-state index is -1.67. The second-order valence-corrected chi connectivity index (χ2v) is 13.6. The van der Waals surface area contributed by atoms with Crippen molar-refractivity contribution in [3.05, 3.63) is 36.5 Å². The van der Waals surface area contributed by atoms with Gasteiger partial charge in [-0.05, 0) is 70.6 Å². The SMILES string of the molecule is CCCC/C=C/CC/C=C/CCCC(O)C(O)C(COC1OC(CO)C(O)C(O)C1O)NC(=O)C(O)CCCC/C=C\CCCCCCCC. The van der Waals surface area contributed by atoms with Crippen LogP contribution >= 0.6 is 0 Å². The number of aliphatic hydroxyl groups is 7. The summed E-state index contributed by atoms with van der Waals surface area (Å²) in [6.07, 6.45) is 19.3. The third-order valence-corrected chi connectivity index (χ3v) is 9.14. The summed E-state index contributed by atoms with van der Waals surface area (Å²) in [5, 5.41) is 75.0. The van der Waals surface area contributed by atoms with Gasteiger partial charge in [0.05, 0.1) is 25.4 Å². The standard InChI is InChI=1S/C39H71NO10/c1-3-5-7-9-11-13-15-17-19-21-23-25-27-32(43)38(48)40-30(29-49-39-37(47)36(46)35(45)33(28-41)50-39)34(44)31(42)26-24-22-20-18-16-14-12-10-8-6-4-2/h10,12,17-20,30-37,39,41-47H,3-9,11,13-16,21-29H2,1-2H3,(H,40,48)/b12-10+,19-17-,20-18+. The van der Waals surface area contributed by atoms with Crippen molar-refractivity contribution >= 4 is 5.91 Å². The van der Waals surface area contributed by atoms with Crippen LogP contribution in [0.1, 0.15) is 136 Å². The summed E-state index contributed by atoms with van der Waals surface area (Å²) < 4.78 is 11.0. The van der Waals surface area contributed by atoms with Crippen molar-refractivity contribution in [2.45, 2.75) is 191 Å². The molecule has 292 valence electrons. The molecule has 50 heavy (non-hydrogen) atoms. The molecule has 9 unspecified atom stereocenters. The highest BCUT2D eigenvalue weighted by Gasteiger charge is 2.44. The Morgan fingerprint density at radius 2 is 1.22 bits per heavy atom. The van der Waals surface area contributed by atoms with Gasteiger partial charge in [-0.2, -0.15) is 0 Å². The number of rotatable bonds is 30. The van der Waals surface area contributed by atoms with E-state index in [2.05, 4.69) is 49.5 Å². The maximum absolute atomic E-state index is 13.0. The summed E-state index contributed by atoms with van der Waals surface area (Å²) in [5.74, 6) is -0.732. The van der Waals surface area contributed by atoms with Gasteiger partial charge in [-0.1, -0.05) is 102 Å². The molecule has 0 aromatic rings. The van der Waals surface area contributed by atoms with Gasteiger partial charge in [0.15, 0.2) is 6.29 Å². The van der Waals surface area contributed by atoms with Crippen LogP contribution in [-0.4, -0.2) is 110 Å². The first-order chi connectivity index (χ1) is 24.2. The second kappa shape index (κ2) is 29.9.